The summed E-state index contributed by atoms with van der Waals surface area (Å²) in [6.45, 7) is 3.46. The van der Waals surface area contributed by atoms with Gasteiger partial charge in [-0.3, -0.25) is 4.79 Å². The quantitative estimate of drug-likeness (QED) is 0.846. The van der Waals surface area contributed by atoms with E-state index in [1.807, 2.05) is 24.4 Å². The van der Waals surface area contributed by atoms with Gasteiger partial charge < -0.3 is 10.3 Å². The van der Waals surface area contributed by atoms with Gasteiger partial charge in [-0.25, -0.2) is 4.98 Å². The van der Waals surface area contributed by atoms with Crippen molar-refractivity contribution < 1.29 is 0 Å². The molecular weight excluding hydrogens is 222 g/mol. The Morgan fingerprint density at radius 3 is 3.12 bits per heavy atom. The molecule has 0 bridgehead atoms. The van der Waals surface area contributed by atoms with Gasteiger partial charge in [-0.15, -0.1) is 11.3 Å². The molecule has 0 atom stereocenters. The van der Waals surface area contributed by atoms with Crippen LogP contribution in [0.2, 0.25) is 0 Å². The van der Waals surface area contributed by atoms with E-state index in [2.05, 4.69) is 15.3 Å². The molecule has 0 radical (unpaired) electrons. The van der Waals surface area contributed by atoms with Crippen LogP contribution in [0.3, 0.4) is 0 Å². The molecule has 2 aromatic rings. The molecule has 0 unspecified atom stereocenters. The highest BCUT2D eigenvalue weighted by atomic mass is 32.1. The Balaban J connectivity index is 2.33. The number of nitrogens with zero attached hydrogens (tertiary/aromatic N) is 1. The number of thiophene rings is 1. The summed E-state index contributed by atoms with van der Waals surface area (Å²) in [5.74, 6) is 0.678. The summed E-state index contributed by atoms with van der Waals surface area (Å²) in [7, 11) is 0. The van der Waals surface area contributed by atoms with Gasteiger partial charge in [0.1, 0.15) is 5.82 Å². The van der Waals surface area contributed by atoms with Crippen LogP contribution in [0, 0.1) is 0 Å². The fourth-order valence-electron chi connectivity index (χ4n) is 1.39. The maximum Gasteiger partial charge on any atom is 0.251 e. The van der Waals surface area contributed by atoms with E-state index in [0.717, 1.165) is 17.1 Å². The Morgan fingerprint density at radius 1 is 1.56 bits per heavy atom. The van der Waals surface area contributed by atoms with Gasteiger partial charge in [0, 0.05) is 6.07 Å². The number of aromatic nitrogens is 2. The van der Waals surface area contributed by atoms with E-state index in [9.17, 15) is 4.79 Å². The molecular formula is C11H13N3OS. The molecule has 2 aromatic heterocycles. The van der Waals surface area contributed by atoms with Crippen LogP contribution >= 0.6 is 11.3 Å². The maximum atomic E-state index is 11.5. The molecule has 2 rings (SSSR count). The molecule has 0 aliphatic rings. The first-order valence-electron chi connectivity index (χ1n) is 5.14. The van der Waals surface area contributed by atoms with E-state index in [4.69, 9.17) is 0 Å². The second-order valence-corrected chi connectivity index (χ2v) is 4.28. The first kappa shape index (κ1) is 11.0. The van der Waals surface area contributed by atoms with E-state index in [1.54, 1.807) is 11.3 Å². The predicted octanol–water partition coefficient (Wildman–Crippen LogP) is 1.61. The van der Waals surface area contributed by atoms with Crippen LogP contribution in [0.25, 0.3) is 10.6 Å². The lowest BCUT2D eigenvalue weighted by atomic mass is 10.3. The van der Waals surface area contributed by atoms with Crippen molar-refractivity contribution in [1.82, 2.24) is 15.3 Å². The zero-order chi connectivity index (χ0) is 11.4. The molecule has 0 aliphatic carbocycles. The highest BCUT2D eigenvalue weighted by Gasteiger charge is 2.04. The Bertz CT molecular complexity index is 504. The van der Waals surface area contributed by atoms with Gasteiger partial charge in [0.15, 0.2) is 0 Å². The van der Waals surface area contributed by atoms with E-state index >= 15 is 0 Å². The van der Waals surface area contributed by atoms with Gasteiger partial charge in [-0.1, -0.05) is 13.0 Å². The third-order valence-corrected chi connectivity index (χ3v) is 3.00. The molecule has 2 heterocycles. The highest BCUT2D eigenvalue weighted by Crippen LogP contribution is 2.20. The molecule has 0 saturated heterocycles. The summed E-state index contributed by atoms with van der Waals surface area (Å²) in [4.78, 5) is 19.6. The second-order valence-electron chi connectivity index (χ2n) is 3.33. The molecule has 0 aliphatic heterocycles. The lowest BCUT2D eigenvalue weighted by Crippen LogP contribution is -2.18. The van der Waals surface area contributed by atoms with Crippen molar-refractivity contribution in [3.63, 3.8) is 0 Å². The van der Waals surface area contributed by atoms with E-state index in [-0.39, 0.29) is 5.56 Å². The molecule has 0 spiro atoms. The zero-order valence-corrected chi connectivity index (χ0v) is 9.80. The highest BCUT2D eigenvalue weighted by molar-refractivity contribution is 7.13. The Kier molecular flexibility index (Phi) is 3.48. The summed E-state index contributed by atoms with van der Waals surface area (Å²) in [5, 5.41) is 5.11. The lowest BCUT2D eigenvalue weighted by Gasteiger charge is -2.03. The summed E-state index contributed by atoms with van der Waals surface area (Å²) in [6, 6.07) is 5.44. The van der Waals surface area contributed by atoms with Crippen LogP contribution in [-0.4, -0.2) is 16.5 Å². The minimum Gasteiger partial charge on any atom is -0.310 e. The number of H-pyrrole nitrogens is 1. The lowest BCUT2D eigenvalue weighted by molar-refractivity contribution is 0.688. The van der Waals surface area contributed by atoms with Crippen LogP contribution in [0.5, 0.6) is 0 Å². The van der Waals surface area contributed by atoms with Crippen LogP contribution in [0.1, 0.15) is 12.7 Å². The molecule has 16 heavy (non-hydrogen) atoms. The number of hydrogen-bond donors (Lipinski definition) is 2. The fraction of sp³-hybridized carbons (Fsp3) is 0.273. The van der Waals surface area contributed by atoms with Gasteiger partial charge in [0.05, 0.1) is 17.1 Å². The van der Waals surface area contributed by atoms with Crippen molar-refractivity contribution >= 4 is 11.3 Å². The average molecular weight is 235 g/mol. The van der Waals surface area contributed by atoms with E-state index in [1.165, 1.54) is 6.07 Å². The third kappa shape index (κ3) is 2.56. The number of hydrogen-bond acceptors (Lipinski definition) is 4. The number of rotatable bonds is 4. The van der Waals surface area contributed by atoms with Gasteiger partial charge in [-0.05, 0) is 18.0 Å². The van der Waals surface area contributed by atoms with Gasteiger partial charge in [-0.2, -0.15) is 0 Å². The van der Waals surface area contributed by atoms with Crippen molar-refractivity contribution in [3.05, 3.63) is 39.8 Å². The topological polar surface area (TPSA) is 57.8 Å². The fourth-order valence-corrected chi connectivity index (χ4v) is 2.07. The van der Waals surface area contributed by atoms with Crippen LogP contribution in [-0.2, 0) is 6.54 Å². The molecule has 4 nitrogen and oxygen atoms in total. The van der Waals surface area contributed by atoms with Gasteiger partial charge in [0.2, 0.25) is 0 Å². The molecule has 84 valence electrons. The van der Waals surface area contributed by atoms with Gasteiger partial charge in [0.25, 0.3) is 5.56 Å². The summed E-state index contributed by atoms with van der Waals surface area (Å²) < 4.78 is 0. The smallest absolute Gasteiger partial charge is 0.251 e. The van der Waals surface area contributed by atoms with Crippen LogP contribution in [0.15, 0.2) is 28.4 Å². The van der Waals surface area contributed by atoms with Crippen molar-refractivity contribution in [1.29, 1.82) is 0 Å². The standard InChI is InChI=1S/C11H13N3OS/c1-2-12-7-10-13-8(6-11(15)14-10)9-4-3-5-16-9/h3-6,12H,2,7H2,1H3,(H,13,14,15). The summed E-state index contributed by atoms with van der Waals surface area (Å²) in [6.07, 6.45) is 0. The molecule has 5 heteroatoms. The summed E-state index contributed by atoms with van der Waals surface area (Å²) in [5.41, 5.74) is 0.637. The Morgan fingerprint density at radius 2 is 2.44 bits per heavy atom. The van der Waals surface area contributed by atoms with E-state index < -0.39 is 0 Å². The molecule has 0 fully saturated rings. The first-order valence-corrected chi connectivity index (χ1v) is 6.02. The predicted molar refractivity (Wildman–Crippen MR) is 65.6 cm³/mol. The largest absolute Gasteiger partial charge is 0.310 e. The summed E-state index contributed by atoms with van der Waals surface area (Å²) >= 11 is 1.58. The maximum absolute atomic E-state index is 11.5. The minimum atomic E-state index is -0.105. The molecule has 0 amide bonds. The van der Waals surface area contributed by atoms with Gasteiger partial charge >= 0.3 is 0 Å². The monoisotopic (exact) mass is 235 g/mol. The third-order valence-electron chi connectivity index (χ3n) is 2.11. The van der Waals surface area contributed by atoms with Crippen molar-refractivity contribution in [3.8, 4) is 10.6 Å². The number of aromatic amines is 1. The Hall–Kier alpha value is -1.46. The first-order chi connectivity index (χ1) is 7.79. The molecule has 0 aromatic carbocycles. The second kappa shape index (κ2) is 5.05. The minimum absolute atomic E-state index is 0.105. The normalized spacial score (nSPS) is 10.6. The zero-order valence-electron chi connectivity index (χ0n) is 8.99. The van der Waals surface area contributed by atoms with Crippen molar-refractivity contribution in [2.24, 2.45) is 0 Å². The number of nitrogens with one attached hydrogen (secondary N) is 2. The van der Waals surface area contributed by atoms with E-state index in [0.29, 0.717) is 12.4 Å². The molecule has 0 saturated carbocycles. The molecule has 2 N–H and O–H groups in total. The SMILES string of the molecule is CCNCc1nc(-c2cccs2)cc(=O)[nH]1. The van der Waals surface area contributed by atoms with Crippen molar-refractivity contribution in [2.75, 3.05) is 6.54 Å². The van der Waals surface area contributed by atoms with Crippen LogP contribution < -0.4 is 10.9 Å². The average Bonchev–Trinajstić information content (AvgIpc) is 2.79. The van der Waals surface area contributed by atoms with Crippen LogP contribution in [0.4, 0.5) is 0 Å². The Labute approximate surface area is 97.4 Å². The van der Waals surface area contributed by atoms with Crippen molar-refractivity contribution in [2.45, 2.75) is 13.5 Å².